The molecule has 1 aromatic carbocycles. The number of hydrogen-bond acceptors (Lipinski definition) is 3. The molecule has 0 aliphatic heterocycles. The SMILES string of the molecule is CC(C)CN(Cc1cccnc1)CC(O)c1ccc(F)cc1. The highest BCUT2D eigenvalue weighted by molar-refractivity contribution is 5.19. The van der Waals surface area contributed by atoms with Crippen LogP contribution in [0, 0.1) is 11.7 Å². The van der Waals surface area contributed by atoms with E-state index < -0.39 is 6.10 Å². The van der Waals surface area contributed by atoms with Gasteiger partial charge in [-0.15, -0.1) is 0 Å². The van der Waals surface area contributed by atoms with E-state index in [-0.39, 0.29) is 5.82 Å². The maximum Gasteiger partial charge on any atom is 0.123 e. The van der Waals surface area contributed by atoms with Gasteiger partial charge in [0.2, 0.25) is 0 Å². The van der Waals surface area contributed by atoms with Crippen LogP contribution in [0.3, 0.4) is 0 Å². The summed E-state index contributed by atoms with van der Waals surface area (Å²) in [6.07, 6.45) is 2.97. The average molecular weight is 302 g/mol. The van der Waals surface area contributed by atoms with Gasteiger partial charge in [-0.1, -0.05) is 32.0 Å². The van der Waals surface area contributed by atoms with Crippen LogP contribution >= 0.6 is 0 Å². The molecule has 1 unspecified atom stereocenters. The Morgan fingerprint density at radius 1 is 1.14 bits per heavy atom. The molecule has 0 saturated carbocycles. The third-order valence-electron chi connectivity index (χ3n) is 3.44. The molecule has 0 saturated heterocycles. The number of aliphatic hydroxyl groups is 1. The predicted octanol–water partition coefficient (Wildman–Crippen LogP) is 3.41. The molecule has 3 nitrogen and oxygen atoms in total. The lowest BCUT2D eigenvalue weighted by Gasteiger charge is -2.27. The Kier molecular flexibility index (Phi) is 6.04. The molecule has 0 radical (unpaired) electrons. The first-order valence-electron chi connectivity index (χ1n) is 7.59. The summed E-state index contributed by atoms with van der Waals surface area (Å²) in [5.41, 5.74) is 1.86. The van der Waals surface area contributed by atoms with E-state index in [4.69, 9.17) is 0 Å². The number of nitrogens with zero attached hydrogens (tertiary/aromatic N) is 2. The molecule has 0 aliphatic carbocycles. The van der Waals surface area contributed by atoms with Crippen molar-refractivity contribution in [2.24, 2.45) is 5.92 Å². The monoisotopic (exact) mass is 302 g/mol. The normalized spacial score (nSPS) is 12.8. The minimum Gasteiger partial charge on any atom is -0.387 e. The molecule has 1 N–H and O–H groups in total. The largest absolute Gasteiger partial charge is 0.387 e. The summed E-state index contributed by atoms with van der Waals surface area (Å²) in [6.45, 7) is 6.44. The van der Waals surface area contributed by atoms with Gasteiger partial charge in [-0.3, -0.25) is 9.88 Å². The van der Waals surface area contributed by atoms with Gasteiger partial charge in [0.05, 0.1) is 6.10 Å². The average Bonchev–Trinajstić information content (AvgIpc) is 2.48. The van der Waals surface area contributed by atoms with Gasteiger partial charge in [-0.2, -0.15) is 0 Å². The fourth-order valence-corrected chi connectivity index (χ4v) is 2.50. The molecule has 1 aromatic heterocycles. The molecule has 22 heavy (non-hydrogen) atoms. The van der Waals surface area contributed by atoms with Crippen molar-refractivity contribution in [1.29, 1.82) is 0 Å². The van der Waals surface area contributed by atoms with Crippen LogP contribution in [0.5, 0.6) is 0 Å². The third kappa shape index (κ3) is 5.20. The van der Waals surface area contributed by atoms with Gasteiger partial charge in [-0.25, -0.2) is 4.39 Å². The van der Waals surface area contributed by atoms with Crippen LogP contribution in [0.25, 0.3) is 0 Å². The first kappa shape index (κ1) is 16.6. The van der Waals surface area contributed by atoms with Crippen LogP contribution < -0.4 is 0 Å². The summed E-state index contributed by atoms with van der Waals surface area (Å²) in [6, 6.07) is 9.98. The number of rotatable bonds is 7. The highest BCUT2D eigenvalue weighted by Crippen LogP contribution is 2.17. The quantitative estimate of drug-likeness (QED) is 0.851. The van der Waals surface area contributed by atoms with Crippen LogP contribution in [-0.2, 0) is 6.54 Å². The molecule has 1 heterocycles. The highest BCUT2D eigenvalue weighted by Gasteiger charge is 2.15. The Hall–Kier alpha value is -1.78. The van der Waals surface area contributed by atoms with Gasteiger partial charge >= 0.3 is 0 Å². The zero-order chi connectivity index (χ0) is 15.9. The van der Waals surface area contributed by atoms with Crippen LogP contribution in [0.2, 0.25) is 0 Å². The molecule has 0 aliphatic rings. The fourth-order valence-electron chi connectivity index (χ4n) is 2.50. The Labute approximate surface area is 131 Å². The molecule has 1 atom stereocenters. The molecule has 0 amide bonds. The van der Waals surface area contributed by atoms with Crippen LogP contribution in [0.4, 0.5) is 4.39 Å². The van der Waals surface area contributed by atoms with E-state index >= 15 is 0 Å². The van der Waals surface area contributed by atoms with Crippen molar-refractivity contribution in [2.75, 3.05) is 13.1 Å². The van der Waals surface area contributed by atoms with E-state index in [9.17, 15) is 9.50 Å². The lowest BCUT2D eigenvalue weighted by atomic mass is 10.1. The molecule has 0 spiro atoms. The van der Waals surface area contributed by atoms with Crippen molar-refractivity contribution in [1.82, 2.24) is 9.88 Å². The van der Waals surface area contributed by atoms with Crippen molar-refractivity contribution < 1.29 is 9.50 Å². The van der Waals surface area contributed by atoms with Crippen LogP contribution in [0.1, 0.15) is 31.1 Å². The Balaban J connectivity index is 2.03. The van der Waals surface area contributed by atoms with E-state index in [2.05, 4.69) is 23.7 Å². The van der Waals surface area contributed by atoms with Gasteiger partial charge in [0, 0.05) is 32.0 Å². The van der Waals surface area contributed by atoms with Crippen molar-refractivity contribution in [2.45, 2.75) is 26.5 Å². The maximum absolute atomic E-state index is 13.0. The summed E-state index contributed by atoms with van der Waals surface area (Å²) in [5, 5.41) is 10.4. The second kappa shape index (κ2) is 8.01. The second-order valence-corrected chi connectivity index (χ2v) is 6.02. The van der Waals surface area contributed by atoms with Gasteiger partial charge in [0.1, 0.15) is 5.82 Å². The number of pyridine rings is 1. The third-order valence-corrected chi connectivity index (χ3v) is 3.44. The van der Waals surface area contributed by atoms with Crippen molar-refractivity contribution in [3.05, 3.63) is 65.7 Å². The van der Waals surface area contributed by atoms with E-state index in [0.29, 0.717) is 12.5 Å². The summed E-state index contributed by atoms with van der Waals surface area (Å²) in [4.78, 5) is 6.34. The Morgan fingerprint density at radius 3 is 2.45 bits per heavy atom. The lowest BCUT2D eigenvalue weighted by molar-refractivity contribution is 0.102. The van der Waals surface area contributed by atoms with Gasteiger partial charge < -0.3 is 5.11 Å². The zero-order valence-electron chi connectivity index (χ0n) is 13.1. The molecule has 118 valence electrons. The maximum atomic E-state index is 13.0. The molecule has 4 heteroatoms. The van der Waals surface area contributed by atoms with E-state index in [1.165, 1.54) is 12.1 Å². The smallest absolute Gasteiger partial charge is 0.123 e. The molecule has 0 bridgehead atoms. The topological polar surface area (TPSA) is 36.4 Å². The number of benzene rings is 1. The number of aromatic nitrogens is 1. The van der Waals surface area contributed by atoms with Crippen LogP contribution in [0.15, 0.2) is 48.8 Å². The van der Waals surface area contributed by atoms with E-state index in [0.717, 1.165) is 24.2 Å². The Morgan fingerprint density at radius 2 is 1.86 bits per heavy atom. The first-order valence-corrected chi connectivity index (χ1v) is 7.59. The van der Waals surface area contributed by atoms with Crippen molar-refractivity contribution in [3.63, 3.8) is 0 Å². The van der Waals surface area contributed by atoms with Crippen molar-refractivity contribution >= 4 is 0 Å². The summed E-state index contributed by atoms with van der Waals surface area (Å²) < 4.78 is 13.0. The number of halogens is 1. The standard InChI is InChI=1S/C18H23FN2O/c1-14(2)11-21(12-15-4-3-9-20-10-15)13-18(22)16-5-7-17(19)8-6-16/h3-10,14,18,22H,11-13H2,1-2H3. The number of hydrogen-bond donors (Lipinski definition) is 1. The summed E-state index contributed by atoms with van der Waals surface area (Å²) in [5.74, 6) is 0.211. The highest BCUT2D eigenvalue weighted by atomic mass is 19.1. The molecule has 0 fully saturated rings. The molecular weight excluding hydrogens is 279 g/mol. The van der Waals surface area contributed by atoms with Gasteiger partial charge in [0.25, 0.3) is 0 Å². The molecule has 2 rings (SSSR count). The lowest BCUT2D eigenvalue weighted by Crippen LogP contribution is -2.31. The molecule has 2 aromatic rings. The van der Waals surface area contributed by atoms with Gasteiger partial charge in [0.15, 0.2) is 0 Å². The fraction of sp³-hybridized carbons (Fsp3) is 0.389. The summed E-state index contributed by atoms with van der Waals surface area (Å²) in [7, 11) is 0. The summed E-state index contributed by atoms with van der Waals surface area (Å²) >= 11 is 0. The minimum atomic E-state index is -0.629. The molecular formula is C18H23FN2O. The predicted molar refractivity (Wildman–Crippen MR) is 85.7 cm³/mol. The van der Waals surface area contributed by atoms with Crippen molar-refractivity contribution in [3.8, 4) is 0 Å². The second-order valence-electron chi connectivity index (χ2n) is 6.02. The zero-order valence-corrected chi connectivity index (χ0v) is 13.1. The van der Waals surface area contributed by atoms with Gasteiger partial charge in [-0.05, 0) is 35.2 Å². The number of aliphatic hydroxyl groups excluding tert-OH is 1. The van der Waals surface area contributed by atoms with E-state index in [1.54, 1.807) is 18.3 Å². The van der Waals surface area contributed by atoms with E-state index in [1.807, 2.05) is 18.3 Å². The van der Waals surface area contributed by atoms with Crippen LogP contribution in [-0.4, -0.2) is 28.1 Å². The minimum absolute atomic E-state index is 0.287. The Bertz CT molecular complexity index is 557. The first-order chi connectivity index (χ1) is 10.5.